The normalized spacial score (nSPS) is 16.1. The summed E-state index contributed by atoms with van der Waals surface area (Å²) in [7, 11) is -3.73. The van der Waals surface area contributed by atoms with E-state index >= 15 is 0 Å². The third-order valence-electron chi connectivity index (χ3n) is 5.21. The van der Waals surface area contributed by atoms with E-state index in [0.29, 0.717) is 18.6 Å². The molecule has 1 aromatic heterocycles. The largest absolute Gasteiger partial charge is 0.426 e. The Kier molecular flexibility index (Phi) is 6.07. The maximum Gasteiger partial charge on any atom is 0.314 e. The van der Waals surface area contributed by atoms with Crippen molar-refractivity contribution in [1.29, 1.82) is 0 Å². The minimum absolute atomic E-state index is 0.0105. The zero-order valence-corrected chi connectivity index (χ0v) is 17.7. The molecule has 0 unspecified atom stereocenters. The van der Waals surface area contributed by atoms with Crippen molar-refractivity contribution < 1.29 is 17.9 Å². The lowest BCUT2D eigenvalue weighted by molar-refractivity contribution is -0.140. The molecule has 150 valence electrons. The molecule has 0 atom stereocenters. The minimum atomic E-state index is -3.73. The predicted molar refractivity (Wildman–Crippen MR) is 107 cm³/mol. The predicted octanol–water partition coefficient (Wildman–Crippen LogP) is 3.67. The number of rotatable bonds is 4. The topological polar surface area (TPSA) is 76.6 Å². The van der Waals surface area contributed by atoms with Gasteiger partial charge in [0.1, 0.15) is 15.8 Å². The standard InChI is InChI=1S/C20H23ClN2O4S/c1-13-6-7-14(2)18(15(13)3)27-20(24)16-8-11-23(12-9-16)28(25,26)17-5-4-10-22-19(17)21/h4-7,10,16H,8-9,11-12H2,1-3H3. The van der Waals surface area contributed by atoms with Crippen LogP contribution in [0.5, 0.6) is 5.75 Å². The lowest BCUT2D eigenvalue weighted by Crippen LogP contribution is -2.41. The number of piperidine rings is 1. The number of halogens is 1. The number of carbonyl (C=O) groups is 1. The summed E-state index contributed by atoms with van der Waals surface area (Å²) in [5.41, 5.74) is 2.91. The molecule has 1 fully saturated rings. The van der Waals surface area contributed by atoms with Gasteiger partial charge in [0.05, 0.1) is 5.92 Å². The smallest absolute Gasteiger partial charge is 0.314 e. The fourth-order valence-electron chi connectivity index (χ4n) is 3.30. The van der Waals surface area contributed by atoms with Crippen molar-refractivity contribution in [2.75, 3.05) is 13.1 Å². The zero-order valence-electron chi connectivity index (χ0n) is 16.1. The van der Waals surface area contributed by atoms with Crippen LogP contribution in [-0.2, 0) is 14.8 Å². The third-order valence-corrected chi connectivity index (χ3v) is 7.55. The van der Waals surface area contributed by atoms with Gasteiger partial charge in [-0.15, -0.1) is 0 Å². The van der Waals surface area contributed by atoms with E-state index in [9.17, 15) is 13.2 Å². The summed E-state index contributed by atoms with van der Waals surface area (Å²) in [6, 6.07) is 6.90. The van der Waals surface area contributed by atoms with Gasteiger partial charge in [0.15, 0.2) is 0 Å². The Morgan fingerprint density at radius 3 is 2.43 bits per heavy atom. The number of benzene rings is 1. The van der Waals surface area contributed by atoms with Gasteiger partial charge in [0.2, 0.25) is 10.0 Å². The molecule has 1 saturated heterocycles. The van der Waals surface area contributed by atoms with Crippen LogP contribution >= 0.6 is 11.6 Å². The lowest BCUT2D eigenvalue weighted by Gasteiger charge is -2.30. The van der Waals surface area contributed by atoms with E-state index in [0.717, 1.165) is 16.7 Å². The molecule has 2 heterocycles. The number of nitrogens with zero attached hydrogens (tertiary/aromatic N) is 2. The minimum Gasteiger partial charge on any atom is -0.426 e. The van der Waals surface area contributed by atoms with Crippen molar-refractivity contribution in [3.63, 3.8) is 0 Å². The lowest BCUT2D eigenvalue weighted by atomic mass is 9.98. The van der Waals surface area contributed by atoms with Gasteiger partial charge in [-0.3, -0.25) is 4.79 Å². The number of carbonyl (C=O) groups excluding carboxylic acids is 1. The molecule has 0 amide bonds. The molecule has 0 saturated carbocycles. The number of sulfonamides is 1. The van der Waals surface area contributed by atoms with Crippen LogP contribution in [0.2, 0.25) is 5.15 Å². The van der Waals surface area contributed by atoms with E-state index < -0.39 is 10.0 Å². The first kappa shape index (κ1) is 20.8. The first-order valence-electron chi connectivity index (χ1n) is 9.11. The van der Waals surface area contributed by atoms with Gasteiger partial charge >= 0.3 is 5.97 Å². The molecule has 28 heavy (non-hydrogen) atoms. The highest BCUT2D eigenvalue weighted by atomic mass is 35.5. The first-order chi connectivity index (χ1) is 13.2. The highest BCUT2D eigenvalue weighted by Gasteiger charge is 2.34. The van der Waals surface area contributed by atoms with E-state index in [-0.39, 0.29) is 35.0 Å². The van der Waals surface area contributed by atoms with Crippen molar-refractivity contribution >= 4 is 27.6 Å². The van der Waals surface area contributed by atoms with Gasteiger partial charge in [-0.2, -0.15) is 4.31 Å². The quantitative estimate of drug-likeness (QED) is 0.427. The van der Waals surface area contributed by atoms with Crippen LogP contribution in [-0.4, -0.2) is 36.8 Å². The highest BCUT2D eigenvalue weighted by Crippen LogP contribution is 2.30. The molecule has 0 bridgehead atoms. The van der Waals surface area contributed by atoms with E-state index in [1.54, 1.807) is 0 Å². The van der Waals surface area contributed by atoms with Gasteiger partial charge < -0.3 is 4.74 Å². The zero-order chi connectivity index (χ0) is 20.5. The van der Waals surface area contributed by atoms with Gasteiger partial charge in [-0.25, -0.2) is 13.4 Å². The summed E-state index contributed by atoms with van der Waals surface area (Å²) in [5, 5.41) is -0.0468. The van der Waals surface area contributed by atoms with Crippen molar-refractivity contribution in [2.24, 2.45) is 5.92 Å². The molecule has 0 N–H and O–H groups in total. The maximum absolute atomic E-state index is 12.8. The number of ether oxygens (including phenoxy) is 1. The SMILES string of the molecule is Cc1ccc(C)c(OC(=O)C2CCN(S(=O)(=O)c3cccnc3Cl)CC2)c1C. The van der Waals surface area contributed by atoms with Crippen LogP contribution in [0.3, 0.4) is 0 Å². The molecule has 2 aromatic rings. The number of aryl methyl sites for hydroxylation is 2. The molecule has 1 aliphatic heterocycles. The monoisotopic (exact) mass is 422 g/mol. The molecule has 1 aliphatic rings. The maximum atomic E-state index is 12.8. The van der Waals surface area contributed by atoms with Gasteiger partial charge in [-0.05, 0) is 62.4 Å². The van der Waals surface area contributed by atoms with Gasteiger partial charge in [0, 0.05) is 19.3 Å². The summed E-state index contributed by atoms with van der Waals surface area (Å²) in [6.45, 7) is 6.27. The van der Waals surface area contributed by atoms with Crippen LogP contribution in [0, 0.1) is 26.7 Å². The Morgan fingerprint density at radius 2 is 1.79 bits per heavy atom. The van der Waals surface area contributed by atoms with Crippen LogP contribution in [0.15, 0.2) is 35.4 Å². The molecular formula is C20H23ClN2O4S. The first-order valence-corrected chi connectivity index (χ1v) is 10.9. The molecule has 8 heteroatoms. The van der Waals surface area contributed by atoms with E-state index in [1.165, 1.54) is 22.6 Å². The average molecular weight is 423 g/mol. The van der Waals surface area contributed by atoms with Gasteiger partial charge in [0.25, 0.3) is 0 Å². The van der Waals surface area contributed by atoms with E-state index in [2.05, 4.69) is 4.98 Å². The van der Waals surface area contributed by atoms with Crippen LogP contribution < -0.4 is 4.74 Å². The summed E-state index contributed by atoms with van der Waals surface area (Å²) in [6.07, 6.45) is 2.25. The Labute approximate surface area is 170 Å². The number of hydrogen-bond acceptors (Lipinski definition) is 5. The Bertz CT molecular complexity index is 999. The van der Waals surface area contributed by atoms with Crippen molar-refractivity contribution in [1.82, 2.24) is 9.29 Å². The van der Waals surface area contributed by atoms with Crippen LogP contribution in [0.25, 0.3) is 0 Å². The molecule has 0 aliphatic carbocycles. The molecular weight excluding hydrogens is 400 g/mol. The second-order valence-corrected chi connectivity index (χ2v) is 9.31. The fourth-order valence-corrected chi connectivity index (χ4v) is 5.20. The molecule has 0 spiro atoms. The Hall–Kier alpha value is -1.96. The summed E-state index contributed by atoms with van der Waals surface area (Å²) in [4.78, 5) is 16.5. The summed E-state index contributed by atoms with van der Waals surface area (Å²) >= 11 is 5.95. The van der Waals surface area contributed by atoms with E-state index in [1.807, 2.05) is 32.9 Å². The van der Waals surface area contributed by atoms with Crippen molar-refractivity contribution in [3.05, 3.63) is 52.3 Å². The van der Waals surface area contributed by atoms with Gasteiger partial charge in [-0.1, -0.05) is 23.7 Å². The summed E-state index contributed by atoms with van der Waals surface area (Å²) < 4.78 is 32.6. The van der Waals surface area contributed by atoms with Crippen molar-refractivity contribution in [3.8, 4) is 5.75 Å². The molecule has 6 nitrogen and oxygen atoms in total. The highest BCUT2D eigenvalue weighted by molar-refractivity contribution is 7.89. The Balaban J connectivity index is 1.68. The number of pyridine rings is 1. The number of aromatic nitrogens is 1. The third kappa shape index (κ3) is 4.06. The van der Waals surface area contributed by atoms with Crippen LogP contribution in [0.4, 0.5) is 0 Å². The van der Waals surface area contributed by atoms with Crippen LogP contribution in [0.1, 0.15) is 29.5 Å². The summed E-state index contributed by atoms with van der Waals surface area (Å²) in [5.74, 6) is -0.0504. The number of hydrogen-bond donors (Lipinski definition) is 0. The molecule has 0 radical (unpaired) electrons. The fraction of sp³-hybridized carbons (Fsp3) is 0.400. The molecule has 1 aromatic carbocycles. The van der Waals surface area contributed by atoms with E-state index in [4.69, 9.17) is 16.3 Å². The Morgan fingerprint density at radius 1 is 1.14 bits per heavy atom. The second-order valence-electron chi connectivity index (χ2n) is 7.05. The molecule has 3 rings (SSSR count). The average Bonchev–Trinajstić information content (AvgIpc) is 2.68. The number of esters is 1. The van der Waals surface area contributed by atoms with Crippen molar-refractivity contribution in [2.45, 2.75) is 38.5 Å². The second kappa shape index (κ2) is 8.19.